The third-order valence-electron chi connectivity index (χ3n) is 2.98. The van der Waals surface area contributed by atoms with Crippen molar-refractivity contribution in [2.24, 2.45) is 0 Å². The van der Waals surface area contributed by atoms with Crippen LogP contribution in [0.5, 0.6) is 0 Å². The Morgan fingerprint density at radius 2 is 2.28 bits per heavy atom. The van der Waals surface area contributed by atoms with E-state index in [1.807, 2.05) is 14.0 Å². The van der Waals surface area contributed by atoms with Gasteiger partial charge in [-0.15, -0.1) is 11.3 Å². The molecule has 2 aromatic heterocycles. The minimum Gasteiger partial charge on any atom is -0.312 e. The summed E-state index contributed by atoms with van der Waals surface area (Å²) in [6, 6.07) is 6.81. The number of halogens is 1. The molecule has 0 amide bonds. The van der Waals surface area contributed by atoms with Gasteiger partial charge in [-0.25, -0.2) is 0 Å². The fourth-order valence-corrected chi connectivity index (χ4v) is 3.64. The second-order valence-electron chi connectivity index (χ2n) is 4.28. The molecular formula is C13H18BrN3S. The lowest BCUT2D eigenvalue weighted by Gasteiger charge is -2.15. The summed E-state index contributed by atoms with van der Waals surface area (Å²) in [4.78, 5) is 1.35. The number of likely N-dealkylation sites (N-methyl/N-ethyl adjacent to an activating group) is 1. The molecule has 0 bridgehead atoms. The maximum atomic E-state index is 4.50. The van der Waals surface area contributed by atoms with Crippen molar-refractivity contribution in [3.05, 3.63) is 38.3 Å². The molecule has 3 nitrogen and oxygen atoms in total. The largest absolute Gasteiger partial charge is 0.312 e. The number of nitrogens with zero attached hydrogens (tertiary/aromatic N) is 2. The molecule has 0 aliphatic rings. The van der Waals surface area contributed by atoms with Crippen molar-refractivity contribution in [3.63, 3.8) is 0 Å². The van der Waals surface area contributed by atoms with Crippen LogP contribution in [0.1, 0.15) is 29.2 Å². The molecule has 98 valence electrons. The van der Waals surface area contributed by atoms with Gasteiger partial charge in [-0.05, 0) is 55.0 Å². The van der Waals surface area contributed by atoms with E-state index in [2.05, 4.69) is 56.2 Å². The van der Waals surface area contributed by atoms with Gasteiger partial charge in [0.1, 0.15) is 0 Å². The van der Waals surface area contributed by atoms with Gasteiger partial charge in [-0.3, -0.25) is 4.68 Å². The second kappa shape index (κ2) is 5.99. The molecule has 0 saturated heterocycles. The van der Waals surface area contributed by atoms with Gasteiger partial charge in [0, 0.05) is 29.6 Å². The van der Waals surface area contributed by atoms with Gasteiger partial charge in [0.2, 0.25) is 0 Å². The zero-order chi connectivity index (χ0) is 13.1. The first-order valence-electron chi connectivity index (χ1n) is 6.09. The Morgan fingerprint density at radius 1 is 1.50 bits per heavy atom. The van der Waals surface area contributed by atoms with E-state index in [0.717, 1.165) is 18.7 Å². The van der Waals surface area contributed by atoms with Crippen LogP contribution in [0.25, 0.3) is 0 Å². The molecule has 1 N–H and O–H groups in total. The Bertz CT molecular complexity index is 518. The third-order valence-corrected chi connectivity index (χ3v) is 4.72. The minimum atomic E-state index is 0.350. The van der Waals surface area contributed by atoms with Crippen molar-refractivity contribution < 1.29 is 0 Å². The lowest BCUT2D eigenvalue weighted by Crippen LogP contribution is -2.19. The number of thiophene rings is 1. The lowest BCUT2D eigenvalue weighted by atomic mass is 10.1. The first-order chi connectivity index (χ1) is 8.63. The maximum absolute atomic E-state index is 4.50. The molecule has 0 spiro atoms. The van der Waals surface area contributed by atoms with Crippen molar-refractivity contribution in [3.8, 4) is 0 Å². The summed E-state index contributed by atoms with van der Waals surface area (Å²) in [5, 5.41) is 7.89. The second-order valence-corrected chi connectivity index (χ2v) is 6.77. The Kier molecular flexibility index (Phi) is 4.59. The molecule has 2 aromatic rings. The van der Waals surface area contributed by atoms with Gasteiger partial charge in [0.25, 0.3) is 0 Å². The van der Waals surface area contributed by atoms with Crippen molar-refractivity contribution in [2.45, 2.75) is 32.9 Å². The van der Waals surface area contributed by atoms with E-state index in [0.29, 0.717) is 6.04 Å². The average Bonchev–Trinajstić information content (AvgIpc) is 2.92. The monoisotopic (exact) mass is 327 g/mol. The van der Waals surface area contributed by atoms with Crippen LogP contribution in [0.15, 0.2) is 22.0 Å². The molecule has 0 radical (unpaired) electrons. The number of rotatable bonds is 5. The summed E-state index contributed by atoms with van der Waals surface area (Å²) in [6.07, 6.45) is 0.970. The topological polar surface area (TPSA) is 29.9 Å². The molecule has 0 aromatic carbocycles. The predicted molar refractivity (Wildman–Crippen MR) is 80.2 cm³/mol. The van der Waals surface area contributed by atoms with Crippen LogP contribution in [-0.4, -0.2) is 16.8 Å². The van der Waals surface area contributed by atoms with Crippen LogP contribution in [-0.2, 0) is 13.0 Å². The van der Waals surface area contributed by atoms with Crippen molar-refractivity contribution in [1.29, 1.82) is 0 Å². The van der Waals surface area contributed by atoms with E-state index in [1.165, 1.54) is 14.4 Å². The number of hydrogen-bond acceptors (Lipinski definition) is 3. The van der Waals surface area contributed by atoms with Gasteiger partial charge in [-0.1, -0.05) is 0 Å². The van der Waals surface area contributed by atoms with Crippen LogP contribution in [0.2, 0.25) is 0 Å². The van der Waals surface area contributed by atoms with Crippen molar-refractivity contribution in [2.75, 3.05) is 7.05 Å². The third kappa shape index (κ3) is 3.02. The van der Waals surface area contributed by atoms with E-state index < -0.39 is 0 Å². The number of aryl methyl sites for hydroxylation is 2. The summed E-state index contributed by atoms with van der Waals surface area (Å²) >= 11 is 5.30. The molecule has 0 aliphatic carbocycles. The summed E-state index contributed by atoms with van der Waals surface area (Å²) in [5.74, 6) is 0. The molecular weight excluding hydrogens is 310 g/mol. The van der Waals surface area contributed by atoms with Crippen LogP contribution in [0.3, 0.4) is 0 Å². The molecule has 2 heterocycles. The zero-order valence-corrected chi connectivity index (χ0v) is 13.3. The smallest absolute Gasteiger partial charge is 0.0701 e. The molecule has 2 rings (SSSR count). The van der Waals surface area contributed by atoms with E-state index in [4.69, 9.17) is 0 Å². The SMILES string of the molecule is CCn1nc(C)cc1CC(NC)c1ccc(Br)s1. The highest BCUT2D eigenvalue weighted by molar-refractivity contribution is 9.11. The first-order valence-corrected chi connectivity index (χ1v) is 7.70. The predicted octanol–water partition coefficient (Wildman–Crippen LogP) is 3.54. The highest BCUT2D eigenvalue weighted by Crippen LogP contribution is 2.29. The van der Waals surface area contributed by atoms with Crippen LogP contribution < -0.4 is 5.32 Å². The van der Waals surface area contributed by atoms with Gasteiger partial charge < -0.3 is 5.32 Å². The van der Waals surface area contributed by atoms with E-state index in [1.54, 1.807) is 11.3 Å². The average molecular weight is 328 g/mol. The summed E-state index contributed by atoms with van der Waals surface area (Å²) in [6.45, 7) is 5.10. The Labute approximate surface area is 120 Å². The van der Waals surface area contributed by atoms with Crippen LogP contribution >= 0.6 is 27.3 Å². The molecule has 0 aliphatic heterocycles. The molecule has 5 heteroatoms. The molecule has 1 unspecified atom stereocenters. The quantitative estimate of drug-likeness (QED) is 0.910. The molecule has 0 fully saturated rings. The Morgan fingerprint density at radius 3 is 2.83 bits per heavy atom. The summed E-state index contributed by atoms with van der Waals surface area (Å²) < 4.78 is 3.26. The van der Waals surface area contributed by atoms with E-state index >= 15 is 0 Å². The fraction of sp³-hybridized carbons (Fsp3) is 0.462. The van der Waals surface area contributed by atoms with Crippen molar-refractivity contribution in [1.82, 2.24) is 15.1 Å². The fourth-order valence-electron chi connectivity index (χ4n) is 2.11. The van der Waals surface area contributed by atoms with Gasteiger partial charge in [-0.2, -0.15) is 5.10 Å². The maximum Gasteiger partial charge on any atom is 0.0701 e. The van der Waals surface area contributed by atoms with Gasteiger partial charge in [0.05, 0.1) is 9.48 Å². The van der Waals surface area contributed by atoms with Crippen molar-refractivity contribution >= 4 is 27.3 Å². The van der Waals surface area contributed by atoms with E-state index in [-0.39, 0.29) is 0 Å². The standard InChI is InChI=1S/C13H18BrN3S/c1-4-17-10(7-9(2)16-17)8-11(15-3)12-5-6-13(14)18-12/h5-7,11,15H,4,8H2,1-3H3. The summed E-state index contributed by atoms with van der Waals surface area (Å²) in [5.41, 5.74) is 2.38. The number of hydrogen-bond donors (Lipinski definition) is 1. The lowest BCUT2D eigenvalue weighted by molar-refractivity contribution is 0.546. The van der Waals surface area contributed by atoms with Gasteiger partial charge in [0.15, 0.2) is 0 Å². The Hall–Kier alpha value is -0.650. The van der Waals surface area contributed by atoms with Crippen LogP contribution in [0, 0.1) is 6.92 Å². The number of aromatic nitrogens is 2. The highest BCUT2D eigenvalue weighted by atomic mass is 79.9. The highest BCUT2D eigenvalue weighted by Gasteiger charge is 2.15. The summed E-state index contributed by atoms with van der Waals surface area (Å²) in [7, 11) is 2.01. The Balaban J connectivity index is 2.19. The number of nitrogens with one attached hydrogen (secondary N) is 1. The van der Waals surface area contributed by atoms with Gasteiger partial charge >= 0.3 is 0 Å². The molecule has 1 atom stereocenters. The molecule has 0 saturated carbocycles. The minimum absolute atomic E-state index is 0.350. The normalized spacial score (nSPS) is 12.9. The first kappa shape index (κ1) is 13.8. The zero-order valence-electron chi connectivity index (χ0n) is 10.9. The van der Waals surface area contributed by atoms with Crippen LogP contribution in [0.4, 0.5) is 0 Å². The molecule has 18 heavy (non-hydrogen) atoms. The van der Waals surface area contributed by atoms with E-state index in [9.17, 15) is 0 Å².